The largest absolute Gasteiger partial charge is 0.479 e. The van der Waals surface area contributed by atoms with E-state index in [1.807, 2.05) is 30.3 Å². The van der Waals surface area contributed by atoms with Gasteiger partial charge in [0.05, 0.1) is 13.2 Å². The summed E-state index contributed by atoms with van der Waals surface area (Å²) in [4.78, 5) is 11.1. The monoisotopic (exact) mass is 246 g/mol. The summed E-state index contributed by atoms with van der Waals surface area (Å²) in [5, 5.41) is 19.8. The normalized spacial score (nSPS) is 12.5. The van der Waals surface area contributed by atoms with Gasteiger partial charge < -0.3 is 14.9 Å². The smallest absolute Gasteiger partial charge is 0.337 e. The summed E-state index contributed by atoms with van der Waals surface area (Å²) in [5.41, 5.74) is 0.578. The summed E-state index contributed by atoms with van der Waals surface area (Å²) in [7, 11) is 0. The fourth-order valence-corrected chi connectivity index (χ4v) is 1.85. The highest BCUT2D eigenvalue weighted by Gasteiger charge is 2.20. The molecule has 2 aromatic rings. The van der Waals surface area contributed by atoms with Gasteiger partial charge in [0.25, 0.3) is 0 Å². The molecule has 0 aromatic heterocycles. The van der Waals surface area contributed by atoms with Gasteiger partial charge in [0.1, 0.15) is 0 Å². The van der Waals surface area contributed by atoms with Gasteiger partial charge in [0, 0.05) is 0 Å². The maximum absolute atomic E-state index is 11.1. The fourth-order valence-electron chi connectivity index (χ4n) is 1.85. The minimum atomic E-state index is -1.06. The standard InChI is InChI=1S/C14H14O4/c15-7-8-18-13(14(16)17)12-6-5-10-3-1-2-4-11(10)9-12/h1-6,9,13,15H,7-8H2,(H,16,17). The molecule has 4 heteroatoms. The van der Waals surface area contributed by atoms with E-state index >= 15 is 0 Å². The molecule has 0 spiro atoms. The van der Waals surface area contributed by atoms with Gasteiger partial charge >= 0.3 is 5.97 Å². The van der Waals surface area contributed by atoms with Crippen LogP contribution in [-0.4, -0.2) is 29.4 Å². The van der Waals surface area contributed by atoms with Crippen molar-refractivity contribution in [1.82, 2.24) is 0 Å². The van der Waals surface area contributed by atoms with E-state index in [4.69, 9.17) is 14.9 Å². The highest BCUT2D eigenvalue weighted by Crippen LogP contribution is 2.23. The number of aliphatic hydroxyl groups excluding tert-OH is 1. The molecule has 1 unspecified atom stereocenters. The summed E-state index contributed by atoms with van der Waals surface area (Å²) < 4.78 is 5.14. The number of fused-ring (bicyclic) bond motifs is 1. The molecule has 2 N–H and O–H groups in total. The Morgan fingerprint density at radius 1 is 1.17 bits per heavy atom. The number of carbonyl (C=O) groups is 1. The first-order valence-corrected chi connectivity index (χ1v) is 5.66. The number of hydrogen-bond acceptors (Lipinski definition) is 3. The Bertz CT molecular complexity index is 550. The van der Waals surface area contributed by atoms with Crippen LogP contribution in [-0.2, 0) is 9.53 Å². The third kappa shape index (κ3) is 2.67. The summed E-state index contributed by atoms with van der Waals surface area (Å²) in [6.45, 7) is -0.193. The van der Waals surface area contributed by atoms with Crippen molar-refractivity contribution in [2.75, 3.05) is 13.2 Å². The highest BCUT2D eigenvalue weighted by molar-refractivity contribution is 5.85. The molecule has 0 aliphatic heterocycles. The van der Waals surface area contributed by atoms with Crippen LogP contribution in [0.1, 0.15) is 11.7 Å². The zero-order valence-electron chi connectivity index (χ0n) is 9.74. The number of benzene rings is 2. The number of carboxylic acids is 1. The van der Waals surface area contributed by atoms with Gasteiger partial charge in [-0.25, -0.2) is 4.79 Å². The fraction of sp³-hybridized carbons (Fsp3) is 0.214. The van der Waals surface area contributed by atoms with E-state index in [1.54, 1.807) is 12.1 Å². The first-order chi connectivity index (χ1) is 8.72. The van der Waals surface area contributed by atoms with Crippen molar-refractivity contribution in [3.63, 3.8) is 0 Å². The molecule has 0 aliphatic rings. The van der Waals surface area contributed by atoms with Crippen LogP contribution in [0.3, 0.4) is 0 Å². The van der Waals surface area contributed by atoms with E-state index in [0.717, 1.165) is 10.8 Å². The molecular weight excluding hydrogens is 232 g/mol. The maximum Gasteiger partial charge on any atom is 0.337 e. The van der Waals surface area contributed by atoms with Gasteiger partial charge in [-0.1, -0.05) is 36.4 Å². The molecule has 4 nitrogen and oxygen atoms in total. The van der Waals surface area contributed by atoms with E-state index in [0.29, 0.717) is 5.56 Å². The SMILES string of the molecule is O=C(O)C(OCCO)c1ccc2ccccc2c1. The van der Waals surface area contributed by atoms with Crippen LogP contribution < -0.4 is 0 Å². The van der Waals surface area contributed by atoms with Crippen LogP contribution in [0.4, 0.5) is 0 Å². The van der Waals surface area contributed by atoms with Gasteiger partial charge in [-0.2, -0.15) is 0 Å². The summed E-state index contributed by atoms with van der Waals surface area (Å²) >= 11 is 0. The zero-order chi connectivity index (χ0) is 13.0. The number of aliphatic hydroxyl groups is 1. The van der Waals surface area contributed by atoms with Crippen LogP contribution in [0.2, 0.25) is 0 Å². The Kier molecular flexibility index (Phi) is 3.92. The molecule has 0 bridgehead atoms. The van der Waals surface area contributed by atoms with Gasteiger partial charge in [-0.3, -0.25) is 0 Å². The van der Waals surface area contributed by atoms with Crippen molar-refractivity contribution in [1.29, 1.82) is 0 Å². The third-order valence-electron chi connectivity index (χ3n) is 2.68. The molecule has 94 valence electrons. The lowest BCUT2D eigenvalue weighted by Gasteiger charge is -2.13. The molecule has 2 aromatic carbocycles. The second-order valence-electron chi connectivity index (χ2n) is 3.92. The quantitative estimate of drug-likeness (QED) is 0.846. The van der Waals surface area contributed by atoms with E-state index < -0.39 is 12.1 Å². The van der Waals surface area contributed by atoms with Gasteiger partial charge in [-0.05, 0) is 22.4 Å². The molecule has 0 aliphatic carbocycles. The summed E-state index contributed by atoms with van der Waals surface area (Å²) in [5.74, 6) is -1.06. The van der Waals surface area contributed by atoms with Gasteiger partial charge in [0.15, 0.2) is 6.10 Å². The molecule has 2 rings (SSSR count). The van der Waals surface area contributed by atoms with Crippen LogP contribution in [0.25, 0.3) is 10.8 Å². The maximum atomic E-state index is 11.1. The zero-order valence-corrected chi connectivity index (χ0v) is 9.74. The Labute approximate surface area is 104 Å². The van der Waals surface area contributed by atoms with Crippen LogP contribution in [0.15, 0.2) is 42.5 Å². The lowest BCUT2D eigenvalue weighted by atomic mass is 10.0. The van der Waals surface area contributed by atoms with Crippen molar-refractivity contribution in [2.24, 2.45) is 0 Å². The minimum absolute atomic E-state index is 0.00376. The lowest BCUT2D eigenvalue weighted by Crippen LogP contribution is -2.17. The topological polar surface area (TPSA) is 66.8 Å². The van der Waals surface area contributed by atoms with E-state index in [2.05, 4.69) is 0 Å². The summed E-state index contributed by atoms with van der Waals surface area (Å²) in [6, 6.07) is 13.1. The highest BCUT2D eigenvalue weighted by atomic mass is 16.5. The second-order valence-corrected chi connectivity index (χ2v) is 3.92. The van der Waals surface area contributed by atoms with Gasteiger partial charge in [0.2, 0.25) is 0 Å². The number of rotatable bonds is 5. The van der Waals surface area contributed by atoms with Crippen molar-refractivity contribution < 1.29 is 19.7 Å². The Hall–Kier alpha value is -1.91. The average Bonchev–Trinajstić information content (AvgIpc) is 2.38. The third-order valence-corrected chi connectivity index (χ3v) is 2.68. The van der Waals surface area contributed by atoms with E-state index in [1.165, 1.54) is 0 Å². The minimum Gasteiger partial charge on any atom is -0.479 e. The molecule has 0 amide bonds. The Balaban J connectivity index is 2.35. The lowest BCUT2D eigenvalue weighted by molar-refractivity contribution is -0.151. The molecule has 0 fully saturated rings. The van der Waals surface area contributed by atoms with Crippen LogP contribution in [0.5, 0.6) is 0 Å². The number of aliphatic carboxylic acids is 1. The first kappa shape index (κ1) is 12.5. The number of carboxylic acid groups (broad SMARTS) is 1. The summed E-state index contributed by atoms with van der Waals surface area (Å²) in [6.07, 6.45) is -1.04. The predicted molar refractivity (Wildman–Crippen MR) is 67.4 cm³/mol. The number of ether oxygens (including phenoxy) is 1. The second kappa shape index (κ2) is 5.62. The number of hydrogen-bond donors (Lipinski definition) is 2. The average molecular weight is 246 g/mol. The van der Waals surface area contributed by atoms with Crippen molar-refractivity contribution >= 4 is 16.7 Å². The van der Waals surface area contributed by atoms with Crippen molar-refractivity contribution in [3.8, 4) is 0 Å². The predicted octanol–water partition coefficient (Wildman–Crippen LogP) is 1.97. The van der Waals surface area contributed by atoms with Crippen molar-refractivity contribution in [3.05, 3.63) is 48.0 Å². The molecule has 1 atom stereocenters. The Morgan fingerprint density at radius 2 is 1.89 bits per heavy atom. The van der Waals surface area contributed by atoms with Crippen LogP contribution in [0, 0.1) is 0 Å². The first-order valence-electron chi connectivity index (χ1n) is 5.66. The molecule has 0 saturated heterocycles. The molecule has 0 radical (unpaired) electrons. The molecular formula is C14H14O4. The van der Waals surface area contributed by atoms with Gasteiger partial charge in [-0.15, -0.1) is 0 Å². The van der Waals surface area contributed by atoms with E-state index in [-0.39, 0.29) is 13.2 Å². The Morgan fingerprint density at radius 3 is 2.56 bits per heavy atom. The molecule has 0 heterocycles. The van der Waals surface area contributed by atoms with E-state index in [9.17, 15) is 4.79 Å². The molecule has 0 saturated carbocycles. The molecule has 18 heavy (non-hydrogen) atoms. The van der Waals surface area contributed by atoms with Crippen molar-refractivity contribution in [2.45, 2.75) is 6.10 Å². The van der Waals surface area contributed by atoms with Crippen LogP contribution >= 0.6 is 0 Å².